The molecule has 0 aliphatic carbocycles. The summed E-state index contributed by atoms with van der Waals surface area (Å²) in [6.07, 6.45) is 0. The molecule has 0 spiro atoms. The van der Waals surface area contributed by atoms with E-state index in [4.69, 9.17) is 77.8 Å². The third-order valence-corrected chi connectivity index (χ3v) is 0. The Hall–Kier alpha value is -0.610. The summed E-state index contributed by atoms with van der Waals surface area (Å²) in [4.78, 5) is 0. The van der Waals surface area contributed by atoms with Gasteiger partial charge in [-0.25, -0.2) is 0 Å². The second-order valence-corrected chi connectivity index (χ2v) is 7.42. The van der Waals surface area contributed by atoms with Gasteiger partial charge in [0.15, 0.2) is 0 Å². The predicted octanol–water partition coefficient (Wildman–Crippen LogP) is -1.33. The summed E-state index contributed by atoms with van der Waals surface area (Å²) in [5, 5.41) is 0. The molecule has 0 radical (unpaired) electrons. The van der Waals surface area contributed by atoms with Crippen molar-refractivity contribution < 1.29 is 101 Å². The normalized spacial score (nSPS) is 11.2. The van der Waals surface area contributed by atoms with E-state index in [0.29, 0.717) is 0 Å². The highest BCUT2D eigenvalue weighted by Gasteiger charge is 1.91. The Kier molecular flexibility index (Phi) is 29.3. The minimum Gasteiger partial charge on any atom is -0.260 e. The van der Waals surface area contributed by atoms with Gasteiger partial charge in [-0.1, -0.05) is 23.3 Å². The van der Waals surface area contributed by atoms with Gasteiger partial charge < -0.3 is 0 Å². The molecule has 0 unspecified atom stereocenters. The van der Waals surface area contributed by atoms with Crippen LogP contribution in [0.2, 0.25) is 0 Å². The molecule has 31 heteroatoms. The summed E-state index contributed by atoms with van der Waals surface area (Å²) in [7, 11) is -31.0. The molecule has 0 saturated heterocycles. The number of hydrogen-bond acceptors (Lipinski definition) is 12. The molecule has 0 aromatic heterocycles. The van der Waals surface area contributed by atoms with Crippen molar-refractivity contribution in [2.24, 2.45) is 0 Å². The third kappa shape index (κ3) is 59300. The SMILES string of the molecule is O=S(=O)(O)F.O=S(=O)(O)F.O=S(=O)(O)F.O=S(=O)(O)F.O=S(=O)(O)F.O=S(=O)(O)F.S. The van der Waals surface area contributed by atoms with E-state index >= 15 is 0 Å². The largest absolute Gasteiger partial charge is 0.435 e. The van der Waals surface area contributed by atoms with Gasteiger partial charge in [0.2, 0.25) is 0 Å². The number of hydrogen-bond donors (Lipinski definition) is 6. The minimum atomic E-state index is -5.17. The zero-order valence-electron chi connectivity index (χ0n) is 12.8. The molecule has 0 fully saturated rings. The topological polar surface area (TPSA) is 326 Å². The highest BCUT2D eigenvalue weighted by atomic mass is 32.3. The Morgan fingerprint density at radius 2 is 0.290 bits per heavy atom. The van der Waals surface area contributed by atoms with Crippen LogP contribution < -0.4 is 0 Å². The average Bonchev–Trinajstić information content (AvgIpc) is 1.94. The lowest BCUT2D eigenvalue weighted by Gasteiger charge is -1.63. The Bertz CT molecular complexity index is 775. The van der Waals surface area contributed by atoms with Gasteiger partial charge in [-0.15, -0.1) is 0 Å². The van der Waals surface area contributed by atoms with E-state index in [0.717, 1.165) is 0 Å². The molecule has 0 bridgehead atoms. The van der Waals surface area contributed by atoms with Gasteiger partial charge in [0.25, 0.3) is 0 Å². The zero-order chi connectivity index (χ0) is 27.0. The average molecular weight is 635 g/mol. The quantitative estimate of drug-likeness (QED) is 0.102. The molecule has 0 amide bonds. The molecule has 0 aromatic rings. The Morgan fingerprint density at radius 1 is 0.290 bits per heavy atom. The second kappa shape index (κ2) is 18.9. The first kappa shape index (κ1) is 48.0. The fourth-order valence-electron chi connectivity index (χ4n) is 0. The van der Waals surface area contributed by atoms with E-state index in [2.05, 4.69) is 0 Å². The van der Waals surface area contributed by atoms with Crippen LogP contribution in [-0.2, 0) is 63.0 Å². The van der Waals surface area contributed by atoms with Gasteiger partial charge in [-0.2, -0.15) is 64.0 Å². The van der Waals surface area contributed by atoms with Crippen LogP contribution in [0.5, 0.6) is 0 Å². The summed E-state index contributed by atoms with van der Waals surface area (Å²) in [6, 6.07) is 0. The second-order valence-electron chi connectivity index (χ2n) is 2.47. The molecule has 200 valence electrons. The summed E-state index contributed by atoms with van der Waals surface area (Å²) < 4.78 is 204. The van der Waals surface area contributed by atoms with E-state index in [-0.39, 0.29) is 13.5 Å². The van der Waals surface area contributed by atoms with Crippen LogP contribution >= 0.6 is 13.5 Å². The Labute approximate surface area is 177 Å². The first-order chi connectivity index (χ1) is 12.0. The van der Waals surface area contributed by atoms with Gasteiger partial charge in [0, 0.05) is 0 Å². The van der Waals surface area contributed by atoms with E-state index in [1.165, 1.54) is 0 Å². The maximum atomic E-state index is 10.2. The molecule has 0 aliphatic heterocycles. The molecule has 0 atom stereocenters. The summed E-state index contributed by atoms with van der Waals surface area (Å²) in [5.74, 6) is 0. The Balaban J connectivity index is -0.0000000443. The van der Waals surface area contributed by atoms with Crippen molar-refractivity contribution in [1.29, 1.82) is 0 Å². The van der Waals surface area contributed by atoms with Crippen molar-refractivity contribution in [1.82, 2.24) is 0 Å². The Morgan fingerprint density at radius 3 is 0.290 bits per heavy atom. The van der Waals surface area contributed by atoms with E-state index in [1.807, 2.05) is 0 Å². The maximum absolute atomic E-state index is 10.2. The molecular formula is H8F6O18S7. The van der Waals surface area contributed by atoms with Crippen LogP contribution in [0.4, 0.5) is 23.3 Å². The molecule has 6 N–H and O–H groups in total. The molecule has 0 aromatic carbocycles. The molecular weight excluding hydrogens is 626 g/mol. The highest BCUT2D eigenvalue weighted by Crippen LogP contribution is 1.76. The third-order valence-electron chi connectivity index (χ3n) is 0. The molecule has 31 heavy (non-hydrogen) atoms. The standard InChI is InChI=1S/6FHO3S.H2S/c6*1-5(2,3)4;/h6*(H,2,3,4);1H2. The first-order valence-electron chi connectivity index (χ1n) is 4.02. The van der Waals surface area contributed by atoms with Crippen LogP contribution in [0.1, 0.15) is 0 Å². The summed E-state index contributed by atoms with van der Waals surface area (Å²) in [6.45, 7) is 0. The van der Waals surface area contributed by atoms with Crippen LogP contribution in [-0.4, -0.2) is 77.8 Å². The van der Waals surface area contributed by atoms with E-state index in [1.54, 1.807) is 0 Å². The highest BCUT2D eigenvalue weighted by molar-refractivity contribution is 7.81. The van der Waals surface area contributed by atoms with Crippen LogP contribution in [0.3, 0.4) is 0 Å². The van der Waals surface area contributed by atoms with Gasteiger partial charge >= 0.3 is 63.0 Å². The maximum Gasteiger partial charge on any atom is 0.435 e. The molecule has 0 rings (SSSR count). The van der Waals surface area contributed by atoms with E-state index < -0.39 is 63.0 Å². The lowest BCUT2D eigenvalue weighted by molar-refractivity contribution is 0.432. The fraction of sp³-hybridized carbons (Fsp3) is 0. The number of halogens is 6. The van der Waals surface area contributed by atoms with Crippen molar-refractivity contribution in [2.75, 3.05) is 0 Å². The number of rotatable bonds is 0. The van der Waals surface area contributed by atoms with Gasteiger partial charge in [-0.3, -0.25) is 27.3 Å². The van der Waals surface area contributed by atoms with Crippen LogP contribution in [0.25, 0.3) is 0 Å². The lowest BCUT2D eigenvalue weighted by Crippen LogP contribution is -1.80. The van der Waals surface area contributed by atoms with Gasteiger partial charge in [0.1, 0.15) is 0 Å². The van der Waals surface area contributed by atoms with Crippen molar-refractivity contribution in [2.45, 2.75) is 0 Å². The van der Waals surface area contributed by atoms with Crippen molar-refractivity contribution in [3.05, 3.63) is 0 Å². The fourth-order valence-corrected chi connectivity index (χ4v) is 0. The molecule has 0 saturated carbocycles. The zero-order valence-corrected chi connectivity index (χ0v) is 18.7. The lowest BCUT2D eigenvalue weighted by atomic mass is 15.9. The van der Waals surface area contributed by atoms with Crippen molar-refractivity contribution >= 4 is 76.5 Å². The van der Waals surface area contributed by atoms with E-state index in [9.17, 15) is 23.3 Å². The minimum absolute atomic E-state index is 0. The van der Waals surface area contributed by atoms with Crippen molar-refractivity contribution in [3.8, 4) is 0 Å². The predicted molar refractivity (Wildman–Crippen MR) is 86.3 cm³/mol. The molecule has 18 nitrogen and oxygen atoms in total. The van der Waals surface area contributed by atoms with Gasteiger partial charge in [-0.05, 0) is 0 Å². The smallest absolute Gasteiger partial charge is 0.260 e. The van der Waals surface area contributed by atoms with Crippen molar-refractivity contribution in [3.63, 3.8) is 0 Å². The van der Waals surface area contributed by atoms with Crippen LogP contribution in [0.15, 0.2) is 0 Å². The summed E-state index contributed by atoms with van der Waals surface area (Å²) >= 11 is 0. The molecule has 0 heterocycles. The van der Waals surface area contributed by atoms with Gasteiger partial charge in [0.05, 0.1) is 0 Å². The first-order valence-corrected chi connectivity index (χ1v) is 12.1. The summed E-state index contributed by atoms with van der Waals surface area (Å²) in [5.41, 5.74) is 0. The monoisotopic (exact) mass is 634 g/mol. The van der Waals surface area contributed by atoms with Crippen LogP contribution in [0, 0.1) is 0 Å². The molecule has 0 aliphatic rings.